The average molecular weight is 425 g/mol. The maximum Gasteiger partial charge on any atom is 0.397 e. The maximum atomic E-state index is 12.5. The van der Waals surface area contributed by atoms with E-state index < -0.39 is 5.72 Å². The van der Waals surface area contributed by atoms with E-state index in [2.05, 4.69) is 33.8 Å². The van der Waals surface area contributed by atoms with Crippen molar-refractivity contribution >= 4 is 5.95 Å². The van der Waals surface area contributed by atoms with Gasteiger partial charge in [0.25, 0.3) is 0 Å². The molecule has 4 aromatic rings. The first kappa shape index (κ1) is 20.2. The van der Waals surface area contributed by atoms with Crippen molar-refractivity contribution in [2.75, 3.05) is 12.0 Å². The number of fused-ring (bicyclic) bond motifs is 1. The number of aliphatic hydroxyl groups is 1. The molecule has 1 aliphatic heterocycles. The largest absolute Gasteiger partial charge is 0.497 e. The molecule has 0 amide bonds. The van der Waals surface area contributed by atoms with Gasteiger partial charge in [0.15, 0.2) is 6.04 Å². The Bertz CT molecular complexity index is 1110. The number of ether oxygens (including phenoxy) is 1. The van der Waals surface area contributed by atoms with Gasteiger partial charge < -0.3 is 9.84 Å². The minimum Gasteiger partial charge on any atom is -0.497 e. The van der Waals surface area contributed by atoms with E-state index in [1.54, 1.807) is 13.3 Å². The lowest BCUT2D eigenvalue weighted by Crippen LogP contribution is -2.50. The van der Waals surface area contributed by atoms with Crippen LogP contribution in [0.2, 0.25) is 0 Å². The molecular weight excluding hydrogens is 398 g/mol. The van der Waals surface area contributed by atoms with Crippen LogP contribution < -0.4 is 14.2 Å². The highest BCUT2D eigenvalue weighted by Crippen LogP contribution is 2.44. The van der Waals surface area contributed by atoms with E-state index in [1.807, 2.05) is 77.8 Å². The quantitative estimate of drug-likeness (QED) is 0.475. The Kier molecular flexibility index (Phi) is 5.33. The fraction of sp³-hybridized carbons (Fsp3) is 0.185. The van der Waals surface area contributed by atoms with Crippen molar-refractivity contribution in [3.8, 4) is 5.75 Å². The molecule has 2 unspecified atom stereocenters. The van der Waals surface area contributed by atoms with Crippen LogP contribution in [0.1, 0.15) is 22.7 Å². The summed E-state index contributed by atoms with van der Waals surface area (Å²) in [6.07, 6.45) is 4.45. The van der Waals surface area contributed by atoms with Gasteiger partial charge in [-0.3, -0.25) is 0 Å². The van der Waals surface area contributed by atoms with Crippen molar-refractivity contribution in [1.82, 2.24) is 4.98 Å². The minimum absolute atomic E-state index is 0.259. The molecule has 32 heavy (non-hydrogen) atoms. The molecule has 160 valence electrons. The molecule has 1 aliphatic rings. The molecule has 0 radical (unpaired) electrons. The SMILES string of the molecule is COc1ccc(C2(O)C(Cc3ccccc3)[n+]3cccnc3N2Cc2ccccc2)cc1. The Morgan fingerprint density at radius 1 is 0.906 bits per heavy atom. The Morgan fingerprint density at radius 3 is 2.22 bits per heavy atom. The summed E-state index contributed by atoms with van der Waals surface area (Å²) in [7, 11) is 1.65. The van der Waals surface area contributed by atoms with Gasteiger partial charge >= 0.3 is 5.95 Å². The third-order valence-electron chi connectivity index (χ3n) is 6.18. The third kappa shape index (κ3) is 3.51. The van der Waals surface area contributed by atoms with Crippen molar-refractivity contribution in [3.63, 3.8) is 0 Å². The fourth-order valence-corrected chi connectivity index (χ4v) is 4.57. The lowest BCUT2D eigenvalue weighted by molar-refractivity contribution is -0.713. The highest BCUT2D eigenvalue weighted by molar-refractivity contribution is 5.43. The number of nitrogens with zero attached hydrogens (tertiary/aromatic N) is 3. The summed E-state index contributed by atoms with van der Waals surface area (Å²) in [6.45, 7) is 0.533. The van der Waals surface area contributed by atoms with Crippen LogP contribution in [-0.2, 0) is 18.7 Å². The fourth-order valence-electron chi connectivity index (χ4n) is 4.57. The van der Waals surface area contributed by atoms with E-state index in [9.17, 15) is 5.11 Å². The van der Waals surface area contributed by atoms with Gasteiger partial charge in [-0.15, -0.1) is 0 Å². The highest BCUT2D eigenvalue weighted by atomic mass is 16.5. The van der Waals surface area contributed by atoms with E-state index in [-0.39, 0.29) is 6.04 Å². The number of hydrogen-bond acceptors (Lipinski definition) is 4. The number of aromatic nitrogens is 2. The Morgan fingerprint density at radius 2 is 1.56 bits per heavy atom. The average Bonchev–Trinajstić information content (AvgIpc) is 3.09. The number of hydrogen-bond donors (Lipinski definition) is 1. The number of rotatable bonds is 6. The van der Waals surface area contributed by atoms with Crippen LogP contribution in [-0.4, -0.2) is 17.2 Å². The standard InChI is InChI=1S/C27H26N3O2/c1-32-24-15-13-23(14-16-24)27(31)25(19-21-9-4-2-5-10-21)29-18-8-17-28-26(29)30(27)20-22-11-6-3-7-12-22/h2-18,25,31H,19-20H2,1H3/q+1. The normalized spacial score (nSPS) is 19.6. The van der Waals surface area contributed by atoms with E-state index in [4.69, 9.17) is 4.74 Å². The summed E-state index contributed by atoms with van der Waals surface area (Å²) in [5.41, 5.74) is 1.78. The Labute approximate surface area is 188 Å². The van der Waals surface area contributed by atoms with Crippen molar-refractivity contribution in [1.29, 1.82) is 0 Å². The Balaban J connectivity index is 1.66. The molecule has 3 aromatic carbocycles. The molecule has 5 heteroatoms. The summed E-state index contributed by atoms with van der Waals surface area (Å²) in [5.74, 6) is 1.50. The van der Waals surface area contributed by atoms with Crippen LogP contribution in [0.25, 0.3) is 0 Å². The van der Waals surface area contributed by atoms with Crippen molar-refractivity contribution in [3.05, 3.63) is 120 Å². The topological polar surface area (TPSA) is 49.5 Å². The number of methoxy groups -OCH3 is 1. The third-order valence-corrected chi connectivity index (χ3v) is 6.18. The van der Waals surface area contributed by atoms with Crippen LogP contribution in [0.4, 0.5) is 5.95 Å². The number of anilines is 1. The first-order chi connectivity index (χ1) is 15.7. The molecular formula is C27H26N3O2+. The van der Waals surface area contributed by atoms with Crippen LogP contribution in [0, 0.1) is 0 Å². The van der Waals surface area contributed by atoms with Crippen LogP contribution in [0.3, 0.4) is 0 Å². The molecule has 1 aromatic heterocycles. The van der Waals surface area contributed by atoms with Gasteiger partial charge in [0.05, 0.1) is 19.9 Å². The molecule has 0 saturated heterocycles. The zero-order chi connectivity index (χ0) is 22.0. The smallest absolute Gasteiger partial charge is 0.397 e. The summed E-state index contributed by atoms with van der Waals surface area (Å²) < 4.78 is 7.46. The Hall–Kier alpha value is -3.70. The highest BCUT2D eigenvalue weighted by Gasteiger charge is 2.58. The molecule has 5 rings (SSSR count). The summed E-state index contributed by atoms with van der Waals surface area (Å²) in [5, 5.41) is 12.5. The lowest BCUT2D eigenvalue weighted by atomic mass is 9.89. The van der Waals surface area contributed by atoms with E-state index >= 15 is 0 Å². The van der Waals surface area contributed by atoms with Crippen molar-refractivity contribution < 1.29 is 14.4 Å². The van der Waals surface area contributed by atoms with Gasteiger partial charge in [0, 0.05) is 18.1 Å². The molecule has 5 nitrogen and oxygen atoms in total. The molecule has 2 heterocycles. The summed E-state index contributed by atoms with van der Waals surface area (Å²) >= 11 is 0. The minimum atomic E-state index is -1.29. The van der Waals surface area contributed by atoms with E-state index in [1.165, 1.54) is 0 Å². The molecule has 0 spiro atoms. The zero-order valence-corrected chi connectivity index (χ0v) is 18.0. The van der Waals surface area contributed by atoms with Gasteiger partial charge in [0.1, 0.15) is 11.9 Å². The number of benzene rings is 3. The van der Waals surface area contributed by atoms with Gasteiger partial charge in [-0.1, -0.05) is 65.6 Å². The van der Waals surface area contributed by atoms with Crippen LogP contribution in [0.5, 0.6) is 5.75 Å². The first-order valence-electron chi connectivity index (χ1n) is 10.8. The second kappa shape index (κ2) is 8.44. The molecule has 0 saturated carbocycles. The van der Waals surface area contributed by atoms with Crippen molar-refractivity contribution in [2.45, 2.75) is 24.7 Å². The molecule has 0 bridgehead atoms. The lowest BCUT2D eigenvalue weighted by Gasteiger charge is -2.33. The van der Waals surface area contributed by atoms with Crippen LogP contribution >= 0.6 is 0 Å². The van der Waals surface area contributed by atoms with E-state index in [0.29, 0.717) is 13.0 Å². The zero-order valence-electron chi connectivity index (χ0n) is 18.0. The monoisotopic (exact) mass is 424 g/mol. The summed E-state index contributed by atoms with van der Waals surface area (Å²) in [6, 6.07) is 29.8. The maximum absolute atomic E-state index is 12.5. The van der Waals surface area contributed by atoms with Gasteiger partial charge in [0.2, 0.25) is 5.72 Å². The predicted molar refractivity (Wildman–Crippen MR) is 123 cm³/mol. The van der Waals surface area contributed by atoms with Gasteiger partial charge in [-0.2, -0.15) is 0 Å². The predicted octanol–water partition coefficient (Wildman–Crippen LogP) is 4.03. The molecule has 0 aliphatic carbocycles. The van der Waals surface area contributed by atoms with Crippen LogP contribution in [0.15, 0.2) is 103 Å². The second-order valence-electron chi connectivity index (χ2n) is 8.06. The molecule has 0 fully saturated rings. The van der Waals surface area contributed by atoms with E-state index in [0.717, 1.165) is 28.4 Å². The first-order valence-corrected chi connectivity index (χ1v) is 10.8. The van der Waals surface area contributed by atoms with Gasteiger partial charge in [-0.25, -0.2) is 9.47 Å². The van der Waals surface area contributed by atoms with Gasteiger partial charge in [-0.05, 0) is 35.4 Å². The second-order valence-corrected chi connectivity index (χ2v) is 8.06. The molecule has 1 N–H and O–H groups in total. The summed E-state index contributed by atoms with van der Waals surface area (Å²) in [4.78, 5) is 6.70. The molecule has 2 atom stereocenters. The van der Waals surface area contributed by atoms with Crippen molar-refractivity contribution in [2.24, 2.45) is 0 Å².